The quantitative estimate of drug-likeness (QED) is 0.231. The minimum atomic E-state index is -1.37. The van der Waals surface area contributed by atoms with Gasteiger partial charge in [0.25, 0.3) is 0 Å². The number of imidazole rings is 2. The number of hydrogen-bond acceptors (Lipinski definition) is 7. The number of rotatable bonds is 11. The Morgan fingerprint density at radius 1 is 1.07 bits per heavy atom. The van der Waals surface area contributed by atoms with Gasteiger partial charge in [0, 0.05) is 42.7 Å². The second-order valence-corrected chi connectivity index (χ2v) is 6.34. The van der Waals surface area contributed by atoms with Crippen molar-refractivity contribution in [1.29, 1.82) is 0 Å². The third-order valence-corrected chi connectivity index (χ3v) is 4.14. The summed E-state index contributed by atoms with van der Waals surface area (Å²) in [6.07, 6.45) is 6.07. The molecule has 0 fully saturated rings. The molecule has 2 aromatic heterocycles. The molecular formula is C16H23N7O5. The summed E-state index contributed by atoms with van der Waals surface area (Å²) in [5, 5.41) is 23.9. The van der Waals surface area contributed by atoms with Crippen LogP contribution in [0, 0.1) is 0 Å². The zero-order valence-corrected chi connectivity index (χ0v) is 15.1. The summed E-state index contributed by atoms with van der Waals surface area (Å²) in [5.74, 6) is -3.14. The Labute approximate surface area is 160 Å². The largest absolute Gasteiger partial charge is 0.480 e. The van der Waals surface area contributed by atoms with Crippen molar-refractivity contribution in [3.8, 4) is 0 Å². The fourth-order valence-corrected chi connectivity index (χ4v) is 2.63. The second kappa shape index (κ2) is 9.62. The summed E-state index contributed by atoms with van der Waals surface area (Å²) < 4.78 is 0. The van der Waals surface area contributed by atoms with E-state index in [4.69, 9.17) is 5.73 Å². The molecule has 0 aromatic carbocycles. The van der Waals surface area contributed by atoms with E-state index in [2.05, 4.69) is 30.6 Å². The maximum Gasteiger partial charge on any atom is 0.327 e. The van der Waals surface area contributed by atoms with E-state index < -0.39 is 42.0 Å². The summed E-state index contributed by atoms with van der Waals surface area (Å²) in [6, 6.07) is -4.32. The Morgan fingerprint density at radius 2 is 1.64 bits per heavy atom. The van der Waals surface area contributed by atoms with Crippen LogP contribution in [0.4, 0.5) is 0 Å². The van der Waals surface area contributed by atoms with Crippen molar-refractivity contribution in [2.24, 2.45) is 5.73 Å². The van der Waals surface area contributed by atoms with Crippen LogP contribution in [-0.4, -0.2) is 72.2 Å². The van der Waals surface area contributed by atoms with Crippen LogP contribution in [0.5, 0.6) is 0 Å². The first-order valence-corrected chi connectivity index (χ1v) is 8.50. The van der Waals surface area contributed by atoms with Gasteiger partial charge in [-0.25, -0.2) is 14.8 Å². The van der Waals surface area contributed by atoms with Crippen molar-refractivity contribution >= 4 is 17.8 Å². The minimum Gasteiger partial charge on any atom is -0.480 e. The molecule has 2 aromatic rings. The number of amides is 1. The molecule has 0 bridgehead atoms. The molecule has 12 heteroatoms. The normalized spacial score (nSPS) is 15.4. The number of nitrogens with two attached hydrogens (primary N) is 1. The monoisotopic (exact) mass is 393 g/mol. The Bertz CT molecular complexity index is 777. The molecule has 152 valence electrons. The van der Waals surface area contributed by atoms with E-state index >= 15 is 0 Å². The first-order chi connectivity index (χ1) is 13.3. The molecule has 0 saturated carbocycles. The number of H-pyrrole nitrogens is 2. The molecule has 0 spiro atoms. The Hall–Kier alpha value is -3.25. The smallest absolute Gasteiger partial charge is 0.327 e. The van der Waals surface area contributed by atoms with E-state index in [-0.39, 0.29) is 12.8 Å². The number of aliphatic carboxylic acids is 2. The number of carbonyl (C=O) groups excluding carboxylic acids is 1. The highest BCUT2D eigenvalue weighted by atomic mass is 16.4. The number of aromatic nitrogens is 4. The highest BCUT2D eigenvalue weighted by Crippen LogP contribution is 2.04. The van der Waals surface area contributed by atoms with Crippen LogP contribution in [-0.2, 0) is 27.2 Å². The van der Waals surface area contributed by atoms with Gasteiger partial charge >= 0.3 is 11.9 Å². The fraction of sp³-hybridized carbons (Fsp3) is 0.438. The standard InChI is InChI=1S/C16H23N7O5/c1-8(22-12(15(25)26)3-10-5-19-7-21-10)13(16(27)28)23-14(24)11(17)2-9-4-18-6-20-9/h4-8,11-13,22H,2-3,17H2,1H3,(H,18,20)(H,19,21)(H,23,24)(H,25,26)(H,27,28)/t8?,11-,12?,13?/m1/s1. The van der Waals surface area contributed by atoms with Crippen LogP contribution in [0.25, 0.3) is 0 Å². The number of hydrogen-bond donors (Lipinski definition) is 7. The molecule has 28 heavy (non-hydrogen) atoms. The maximum absolute atomic E-state index is 12.3. The van der Waals surface area contributed by atoms with Gasteiger partial charge in [0.1, 0.15) is 12.1 Å². The molecule has 0 radical (unpaired) electrons. The van der Waals surface area contributed by atoms with E-state index in [1.165, 1.54) is 32.0 Å². The first kappa shape index (κ1) is 21.1. The van der Waals surface area contributed by atoms with Crippen LogP contribution in [0.3, 0.4) is 0 Å². The van der Waals surface area contributed by atoms with Gasteiger partial charge in [-0.05, 0) is 6.92 Å². The van der Waals surface area contributed by atoms with Crippen molar-refractivity contribution in [1.82, 2.24) is 30.6 Å². The Morgan fingerprint density at radius 3 is 2.11 bits per heavy atom. The van der Waals surface area contributed by atoms with Crippen LogP contribution < -0.4 is 16.4 Å². The average Bonchev–Trinajstić information content (AvgIpc) is 3.32. The Balaban J connectivity index is 1.99. The fourth-order valence-electron chi connectivity index (χ4n) is 2.63. The number of nitrogens with one attached hydrogen (secondary N) is 4. The van der Waals surface area contributed by atoms with Gasteiger partial charge in [0.2, 0.25) is 5.91 Å². The molecule has 2 heterocycles. The zero-order chi connectivity index (χ0) is 20.7. The van der Waals surface area contributed by atoms with Crippen molar-refractivity contribution in [2.45, 2.75) is 43.9 Å². The number of carboxylic acid groups (broad SMARTS) is 2. The topological polar surface area (TPSA) is 199 Å². The lowest BCUT2D eigenvalue weighted by atomic mass is 10.1. The van der Waals surface area contributed by atoms with Crippen LogP contribution in [0.2, 0.25) is 0 Å². The molecule has 12 nitrogen and oxygen atoms in total. The molecule has 0 aliphatic heterocycles. The highest BCUT2D eigenvalue weighted by molar-refractivity contribution is 5.87. The maximum atomic E-state index is 12.3. The third kappa shape index (κ3) is 5.89. The van der Waals surface area contributed by atoms with E-state index in [0.717, 1.165) is 0 Å². The van der Waals surface area contributed by atoms with Gasteiger partial charge in [-0.3, -0.25) is 14.9 Å². The summed E-state index contributed by atoms with van der Waals surface area (Å²) >= 11 is 0. The summed E-state index contributed by atoms with van der Waals surface area (Å²) in [7, 11) is 0. The molecule has 2 rings (SSSR count). The van der Waals surface area contributed by atoms with Gasteiger partial charge in [-0.1, -0.05) is 0 Å². The number of aromatic amines is 2. The summed E-state index contributed by atoms with van der Waals surface area (Å²) in [4.78, 5) is 48.6. The Kier molecular flexibility index (Phi) is 7.23. The molecular weight excluding hydrogens is 370 g/mol. The molecule has 3 unspecified atom stereocenters. The summed E-state index contributed by atoms with van der Waals surface area (Å²) in [5.41, 5.74) is 7.02. The lowest BCUT2D eigenvalue weighted by Gasteiger charge is -2.26. The third-order valence-electron chi connectivity index (χ3n) is 4.14. The van der Waals surface area contributed by atoms with Gasteiger partial charge < -0.3 is 31.2 Å². The predicted octanol–water partition coefficient (Wildman–Crippen LogP) is -1.75. The highest BCUT2D eigenvalue weighted by Gasteiger charge is 2.31. The molecule has 0 aliphatic rings. The molecule has 4 atom stereocenters. The van der Waals surface area contributed by atoms with Crippen LogP contribution >= 0.6 is 0 Å². The predicted molar refractivity (Wildman–Crippen MR) is 96.1 cm³/mol. The molecule has 8 N–H and O–H groups in total. The van der Waals surface area contributed by atoms with Gasteiger partial charge in [0.05, 0.1) is 18.7 Å². The SMILES string of the molecule is CC(NC(Cc1cnc[nH]1)C(=O)O)C(NC(=O)[C@H](N)Cc1cnc[nH]1)C(=O)O. The van der Waals surface area contributed by atoms with E-state index in [1.54, 1.807) is 0 Å². The minimum absolute atomic E-state index is 0.0687. The van der Waals surface area contributed by atoms with E-state index in [1.807, 2.05) is 0 Å². The van der Waals surface area contributed by atoms with Crippen molar-refractivity contribution < 1.29 is 24.6 Å². The summed E-state index contributed by atoms with van der Waals surface area (Å²) in [6.45, 7) is 1.47. The first-order valence-electron chi connectivity index (χ1n) is 8.50. The number of nitrogens with zero attached hydrogens (tertiary/aromatic N) is 2. The van der Waals surface area contributed by atoms with Gasteiger partial charge in [-0.15, -0.1) is 0 Å². The molecule has 1 amide bonds. The second-order valence-electron chi connectivity index (χ2n) is 6.34. The van der Waals surface area contributed by atoms with Crippen molar-refractivity contribution in [3.63, 3.8) is 0 Å². The van der Waals surface area contributed by atoms with Crippen LogP contribution in [0.15, 0.2) is 25.0 Å². The number of carbonyl (C=O) groups is 3. The number of carboxylic acids is 2. The van der Waals surface area contributed by atoms with Crippen LogP contribution in [0.1, 0.15) is 18.3 Å². The molecule has 0 saturated heterocycles. The lowest BCUT2D eigenvalue weighted by Crippen LogP contribution is -2.59. The average molecular weight is 393 g/mol. The van der Waals surface area contributed by atoms with E-state index in [0.29, 0.717) is 11.4 Å². The molecule has 0 aliphatic carbocycles. The van der Waals surface area contributed by atoms with E-state index in [9.17, 15) is 24.6 Å². The van der Waals surface area contributed by atoms with Gasteiger partial charge in [-0.2, -0.15) is 0 Å². The lowest BCUT2D eigenvalue weighted by molar-refractivity contribution is -0.144. The van der Waals surface area contributed by atoms with Gasteiger partial charge in [0.15, 0.2) is 0 Å². The zero-order valence-electron chi connectivity index (χ0n) is 15.1. The van der Waals surface area contributed by atoms with Crippen molar-refractivity contribution in [3.05, 3.63) is 36.4 Å². The van der Waals surface area contributed by atoms with Crippen molar-refractivity contribution in [2.75, 3.05) is 0 Å².